The molecule has 2 rings (SSSR count). The number of nitrogens with one attached hydrogen (secondary N) is 2. The van der Waals surface area contributed by atoms with Crippen LogP contribution >= 0.6 is 27.5 Å². The van der Waals surface area contributed by atoms with Gasteiger partial charge in [-0.15, -0.1) is 0 Å². The van der Waals surface area contributed by atoms with Crippen molar-refractivity contribution in [1.82, 2.24) is 10.2 Å². The molecular formula is C9H7BrClN3O2S. The van der Waals surface area contributed by atoms with E-state index in [0.29, 0.717) is 4.47 Å². The maximum absolute atomic E-state index is 12.0. The van der Waals surface area contributed by atoms with E-state index in [9.17, 15) is 8.42 Å². The van der Waals surface area contributed by atoms with Crippen LogP contribution in [-0.2, 0) is 10.0 Å². The third kappa shape index (κ3) is 2.62. The molecule has 0 spiro atoms. The highest BCUT2D eigenvalue weighted by atomic mass is 79.9. The summed E-state index contributed by atoms with van der Waals surface area (Å²) in [7, 11) is -3.72. The number of benzene rings is 1. The monoisotopic (exact) mass is 335 g/mol. The molecule has 8 heteroatoms. The summed E-state index contributed by atoms with van der Waals surface area (Å²) in [4.78, 5) is 0.0168. The van der Waals surface area contributed by atoms with Gasteiger partial charge < -0.3 is 0 Å². The minimum atomic E-state index is -3.72. The molecule has 0 saturated heterocycles. The van der Waals surface area contributed by atoms with Gasteiger partial charge in [-0.2, -0.15) is 5.10 Å². The molecule has 0 unspecified atom stereocenters. The summed E-state index contributed by atoms with van der Waals surface area (Å²) in [5, 5.41) is 6.37. The summed E-state index contributed by atoms with van der Waals surface area (Å²) in [5.41, 5.74) is 0. The first-order valence-corrected chi connectivity index (χ1v) is 7.12. The van der Waals surface area contributed by atoms with Crippen LogP contribution in [0.25, 0.3) is 0 Å². The van der Waals surface area contributed by atoms with Crippen molar-refractivity contribution >= 4 is 43.4 Å². The van der Waals surface area contributed by atoms with Gasteiger partial charge in [0, 0.05) is 0 Å². The maximum atomic E-state index is 12.0. The number of aromatic nitrogens is 2. The van der Waals surface area contributed by atoms with Gasteiger partial charge in [0.05, 0.1) is 15.7 Å². The van der Waals surface area contributed by atoms with Crippen molar-refractivity contribution in [1.29, 1.82) is 0 Å². The number of hydrogen-bond acceptors (Lipinski definition) is 3. The van der Waals surface area contributed by atoms with E-state index >= 15 is 0 Å². The number of halogens is 2. The van der Waals surface area contributed by atoms with E-state index < -0.39 is 10.0 Å². The van der Waals surface area contributed by atoms with Crippen molar-refractivity contribution in [3.8, 4) is 0 Å². The van der Waals surface area contributed by atoms with Gasteiger partial charge in [0.15, 0.2) is 0 Å². The molecule has 17 heavy (non-hydrogen) atoms. The number of H-pyrrole nitrogens is 1. The van der Waals surface area contributed by atoms with Crippen LogP contribution in [0.4, 0.5) is 5.82 Å². The average molecular weight is 337 g/mol. The summed E-state index contributed by atoms with van der Waals surface area (Å²) < 4.78 is 26.9. The lowest BCUT2D eigenvalue weighted by atomic mass is 10.4. The van der Waals surface area contributed by atoms with Gasteiger partial charge >= 0.3 is 0 Å². The van der Waals surface area contributed by atoms with E-state index in [1.807, 2.05) is 0 Å². The van der Waals surface area contributed by atoms with E-state index in [2.05, 4.69) is 30.8 Å². The van der Waals surface area contributed by atoms with Crippen LogP contribution in [0.1, 0.15) is 0 Å². The molecule has 0 radical (unpaired) electrons. The number of hydrogen-bond donors (Lipinski definition) is 2. The van der Waals surface area contributed by atoms with Crippen LogP contribution in [0.5, 0.6) is 0 Å². The van der Waals surface area contributed by atoms with Gasteiger partial charge in [0.25, 0.3) is 10.0 Å². The Hall–Kier alpha value is -1.05. The second-order valence-corrected chi connectivity index (χ2v) is 6.04. The van der Waals surface area contributed by atoms with Crippen molar-refractivity contribution in [2.24, 2.45) is 0 Å². The summed E-state index contributed by atoms with van der Waals surface area (Å²) in [6.07, 6.45) is 1.45. The minimum absolute atomic E-state index is 0.0168. The Kier molecular flexibility index (Phi) is 3.41. The first-order valence-electron chi connectivity index (χ1n) is 4.47. The number of anilines is 1. The summed E-state index contributed by atoms with van der Waals surface area (Å²) in [5.74, 6) is 0.255. The number of nitrogens with zero attached hydrogens (tertiary/aromatic N) is 1. The highest BCUT2D eigenvalue weighted by molar-refractivity contribution is 9.10. The first-order chi connectivity index (χ1) is 8.00. The Bertz CT molecular complexity index is 641. The molecule has 0 fully saturated rings. The number of sulfonamides is 1. The first kappa shape index (κ1) is 12.4. The average Bonchev–Trinajstić information content (AvgIpc) is 2.64. The molecule has 1 aromatic heterocycles. The Morgan fingerprint density at radius 3 is 2.65 bits per heavy atom. The molecular weight excluding hydrogens is 330 g/mol. The molecule has 0 aliphatic rings. The van der Waals surface area contributed by atoms with Crippen molar-refractivity contribution in [3.05, 3.63) is 40.0 Å². The molecule has 5 nitrogen and oxygen atoms in total. The maximum Gasteiger partial charge on any atom is 0.264 e. The molecule has 0 saturated carbocycles. The molecule has 2 N–H and O–H groups in total. The van der Waals surface area contributed by atoms with Crippen LogP contribution < -0.4 is 4.72 Å². The summed E-state index contributed by atoms with van der Waals surface area (Å²) >= 11 is 8.99. The fourth-order valence-corrected chi connectivity index (χ4v) is 3.17. The Balaban J connectivity index is 2.39. The summed E-state index contributed by atoms with van der Waals surface area (Å²) in [6, 6.07) is 6.20. The van der Waals surface area contributed by atoms with E-state index in [-0.39, 0.29) is 15.7 Å². The lowest BCUT2D eigenvalue weighted by molar-refractivity contribution is 0.601. The standard InChI is InChI=1S/C9H7BrClN3O2S/c10-6-5-12-13-9(6)14-17(15,16)8-4-2-1-3-7(8)11/h1-5H,(H2,12,13,14). The van der Waals surface area contributed by atoms with Crippen molar-refractivity contribution in [2.45, 2.75) is 4.90 Å². The zero-order chi connectivity index (χ0) is 12.5. The number of aromatic amines is 1. The molecule has 0 aliphatic heterocycles. The predicted octanol–water partition coefficient (Wildman–Crippen LogP) is 2.63. The van der Waals surface area contributed by atoms with Gasteiger partial charge in [0.2, 0.25) is 0 Å². The van der Waals surface area contributed by atoms with E-state index in [1.54, 1.807) is 12.1 Å². The SMILES string of the molecule is O=S(=O)(Nc1[nH]ncc1Br)c1ccccc1Cl. The lowest BCUT2D eigenvalue weighted by Crippen LogP contribution is -2.14. The zero-order valence-electron chi connectivity index (χ0n) is 8.31. The Labute approximate surface area is 111 Å². The topological polar surface area (TPSA) is 74.8 Å². The Morgan fingerprint density at radius 1 is 1.35 bits per heavy atom. The highest BCUT2D eigenvalue weighted by Gasteiger charge is 2.19. The molecule has 2 aromatic rings. The van der Waals surface area contributed by atoms with Crippen molar-refractivity contribution < 1.29 is 8.42 Å². The van der Waals surface area contributed by atoms with Crippen LogP contribution in [0.15, 0.2) is 39.8 Å². The molecule has 90 valence electrons. The second kappa shape index (κ2) is 4.67. The molecule has 0 bridgehead atoms. The fourth-order valence-electron chi connectivity index (χ4n) is 1.20. The fraction of sp³-hybridized carbons (Fsp3) is 0. The predicted molar refractivity (Wildman–Crippen MR) is 68.5 cm³/mol. The number of rotatable bonds is 3. The molecule has 0 atom stereocenters. The molecule has 0 amide bonds. The van der Waals surface area contributed by atoms with Crippen LogP contribution in [0.3, 0.4) is 0 Å². The lowest BCUT2D eigenvalue weighted by Gasteiger charge is -2.07. The molecule has 1 aromatic carbocycles. The third-order valence-electron chi connectivity index (χ3n) is 1.96. The quantitative estimate of drug-likeness (QED) is 0.905. The smallest absolute Gasteiger partial charge is 0.263 e. The summed E-state index contributed by atoms with van der Waals surface area (Å²) in [6.45, 7) is 0. The van der Waals surface area contributed by atoms with Gasteiger partial charge in [-0.25, -0.2) is 8.42 Å². The van der Waals surface area contributed by atoms with E-state index in [1.165, 1.54) is 18.3 Å². The molecule has 1 heterocycles. The van der Waals surface area contributed by atoms with Gasteiger partial charge in [-0.3, -0.25) is 9.82 Å². The van der Waals surface area contributed by atoms with Crippen LogP contribution in [-0.4, -0.2) is 18.6 Å². The minimum Gasteiger partial charge on any atom is -0.263 e. The third-order valence-corrected chi connectivity index (χ3v) is 4.41. The van der Waals surface area contributed by atoms with Gasteiger partial charge in [0.1, 0.15) is 10.7 Å². The van der Waals surface area contributed by atoms with Gasteiger partial charge in [-0.05, 0) is 28.1 Å². The van der Waals surface area contributed by atoms with Crippen molar-refractivity contribution in [2.75, 3.05) is 4.72 Å². The zero-order valence-corrected chi connectivity index (χ0v) is 11.5. The van der Waals surface area contributed by atoms with E-state index in [0.717, 1.165) is 0 Å². The van der Waals surface area contributed by atoms with E-state index in [4.69, 9.17) is 11.6 Å². The molecule has 0 aliphatic carbocycles. The van der Waals surface area contributed by atoms with Gasteiger partial charge in [-0.1, -0.05) is 23.7 Å². The Morgan fingerprint density at radius 2 is 2.06 bits per heavy atom. The highest BCUT2D eigenvalue weighted by Crippen LogP contribution is 2.25. The largest absolute Gasteiger partial charge is 0.264 e. The normalized spacial score (nSPS) is 11.4. The van der Waals surface area contributed by atoms with Crippen molar-refractivity contribution in [3.63, 3.8) is 0 Å². The van der Waals surface area contributed by atoms with Crippen LogP contribution in [0.2, 0.25) is 5.02 Å². The second-order valence-electron chi connectivity index (χ2n) is 3.13. The van der Waals surface area contributed by atoms with Crippen LogP contribution in [0, 0.1) is 0 Å².